The molecule has 2 aromatic rings. The van der Waals surface area contributed by atoms with Crippen LogP contribution in [-0.2, 0) is 4.79 Å². The maximum Gasteiger partial charge on any atom is 0.245 e. The van der Waals surface area contributed by atoms with Crippen LogP contribution in [0.1, 0.15) is 12.8 Å². The summed E-state index contributed by atoms with van der Waals surface area (Å²) in [5.74, 6) is 1.30. The lowest BCUT2D eigenvalue weighted by Crippen LogP contribution is -2.49. The van der Waals surface area contributed by atoms with E-state index in [9.17, 15) is 9.90 Å². The summed E-state index contributed by atoms with van der Waals surface area (Å²) in [4.78, 5) is 13.8. The quantitative estimate of drug-likeness (QED) is 0.805. The predicted molar refractivity (Wildman–Crippen MR) is 101 cm³/mol. The Hall–Kier alpha value is -3.09. The molecule has 1 aromatic heterocycles. The molecular weight excluding hydrogens is 344 g/mol. The van der Waals surface area contributed by atoms with Crippen LogP contribution in [0, 0.1) is 11.8 Å². The summed E-state index contributed by atoms with van der Waals surface area (Å²) in [6, 6.07) is 8.65. The summed E-state index contributed by atoms with van der Waals surface area (Å²) >= 11 is 0. The highest BCUT2D eigenvalue weighted by atomic mass is 16.5. The zero-order chi connectivity index (χ0) is 19.0. The lowest BCUT2D eigenvalue weighted by Gasteiger charge is -2.37. The van der Waals surface area contributed by atoms with Crippen LogP contribution < -0.4 is 10.5 Å². The average molecular weight is 366 g/mol. The molecule has 2 heterocycles. The molecule has 2 atom stereocenters. The van der Waals surface area contributed by atoms with Gasteiger partial charge >= 0.3 is 0 Å². The second-order valence-corrected chi connectivity index (χ2v) is 7.12. The van der Waals surface area contributed by atoms with Crippen LogP contribution in [0.5, 0.6) is 11.5 Å². The number of nitrogens with zero attached hydrogens (tertiary/aromatic N) is 3. The molecule has 1 amide bonds. The second-order valence-electron chi connectivity index (χ2n) is 7.12. The summed E-state index contributed by atoms with van der Waals surface area (Å²) in [5, 5.41) is 18.1. The minimum atomic E-state index is -0.0303. The minimum Gasteiger partial charge on any atom is -0.507 e. The number of nitrogens with two attached hydrogens (primary N) is 1. The molecule has 2 fully saturated rings. The number of fused-ring (bicyclic) bond motifs is 2. The molecule has 2 aliphatic rings. The molecule has 0 radical (unpaired) electrons. The van der Waals surface area contributed by atoms with E-state index in [0.717, 1.165) is 12.8 Å². The zero-order valence-electron chi connectivity index (χ0n) is 14.9. The highest BCUT2D eigenvalue weighted by Crippen LogP contribution is 2.41. The summed E-state index contributed by atoms with van der Waals surface area (Å²) in [6.45, 7) is 4.90. The van der Waals surface area contributed by atoms with E-state index in [1.54, 1.807) is 24.3 Å². The van der Waals surface area contributed by atoms with Crippen molar-refractivity contribution in [3.8, 4) is 22.8 Å². The van der Waals surface area contributed by atoms with E-state index in [1.165, 1.54) is 6.08 Å². The number of likely N-dealkylation sites (tertiary alicyclic amines) is 1. The number of benzene rings is 1. The van der Waals surface area contributed by atoms with E-state index in [4.69, 9.17) is 10.5 Å². The lowest BCUT2D eigenvalue weighted by atomic mass is 9.94. The van der Waals surface area contributed by atoms with Crippen molar-refractivity contribution in [2.45, 2.75) is 18.9 Å². The average Bonchev–Trinajstić information content (AvgIpc) is 2.90. The van der Waals surface area contributed by atoms with Crippen LogP contribution >= 0.6 is 0 Å². The maximum absolute atomic E-state index is 11.9. The number of aromatic nitrogens is 2. The van der Waals surface area contributed by atoms with Crippen molar-refractivity contribution in [2.75, 3.05) is 18.8 Å². The third-order valence-electron chi connectivity index (χ3n) is 5.46. The van der Waals surface area contributed by atoms with Gasteiger partial charge in [-0.2, -0.15) is 0 Å². The molecule has 7 nitrogen and oxygen atoms in total. The van der Waals surface area contributed by atoms with Gasteiger partial charge in [0.2, 0.25) is 5.91 Å². The van der Waals surface area contributed by atoms with Gasteiger partial charge in [0.15, 0.2) is 11.6 Å². The third kappa shape index (κ3) is 3.20. The standard InChI is InChI=1S/C20H22N4O3/c1-2-18(26)24-10-12-7-8-13(11-24)19(12)27-17-9-15(22-23-20(17)21)14-5-3-4-6-16(14)25/h2-6,9,12-13,19,25H,1,7-8,10-11H2,(H2,21,23). The molecule has 7 heteroatoms. The molecule has 140 valence electrons. The fraction of sp³-hybridized carbons (Fsp3) is 0.350. The normalized spacial score (nSPS) is 23.9. The van der Waals surface area contributed by atoms with Gasteiger partial charge in [0.1, 0.15) is 17.5 Å². The Morgan fingerprint density at radius 1 is 1.26 bits per heavy atom. The highest BCUT2D eigenvalue weighted by molar-refractivity contribution is 5.87. The van der Waals surface area contributed by atoms with Gasteiger partial charge in [-0.25, -0.2) is 0 Å². The first-order valence-corrected chi connectivity index (χ1v) is 9.06. The van der Waals surface area contributed by atoms with Gasteiger partial charge in [-0.1, -0.05) is 18.7 Å². The zero-order valence-corrected chi connectivity index (χ0v) is 14.9. The number of para-hydroxylation sites is 1. The summed E-state index contributed by atoms with van der Waals surface area (Å²) in [6.07, 6.45) is 3.38. The van der Waals surface area contributed by atoms with Crippen molar-refractivity contribution in [1.82, 2.24) is 15.1 Å². The highest BCUT2D eigenvalue weighted by Gasteiger charge is 2.44. The van der Waals surface area contributed by atoms with Gasteiger partial charge in [0, 0.05) is 36.6 Å². The smallest absolute Gasteiger partial charge is 0.245 e. The predicted octanol–water partition coefficient (Wildman–Crippen LogP) is 2.23. The van der Waals surface area contributed by atoms with Crippen LogP contribution in [0.2, 0.25) is 0 Å². The van der Waals surface area contributed by atoms with E-state index >= 15 is 0 Å². The first-order valence-electron chi connectivity index (χ1n) is 9.06. The van der Waals surface area contributed by atoms with Crippen molar-refractivity contribution < 1.29 is 14.6 Å². The van der Waals surface area contributed by atoms with Crippen molar-refractivity contribution >= 4 is 11.7 Å². The first-order chi connectivity index (χ1) is 13.1. The number of rotatable bonds is 4. The van der Waals surface area contributed by atoms with Crippen molar-refractivity contribution in [2.24, 2.45) is 11.8 Å². The van der Waals surface area contributed by atoms with E-state index in [2.05, 4.69) is 16.8 Å². The molecule has 1 saturated heterocycles. The summed E-state index contributed by atoms with van der Waals surface area (Å²) in [5.41, 5.74) is 7.07. The molecule has 1 aliphatic heterocycles. The molecule has 27 heavy (non-hydrogen) atoms. The lowest BCUT2D eigenvalue weighted by molar-refractivity contribution is -0.129. The van der Waals surface area contributed by atoms with Gasteiger partial charge in [-0.05, 0) is 31.1 Å². The second kappa shape index (κ2) is 6.90. The van der Waals surface area contributed by atoms with Crippen molar-refractivity contribution in [1.29, 1.82) is 0 Å². The van der Waals surface area contributed by atoms with Crippen LogP contribution in [0.3, 0.4) is 0 Å². The Kier molecular flexibility index (Phi) is 4.43. The molecule has 4 rings (SSSR count). The third-order valence-corrected chi connectivity index (χ3v) is 5.46. The van der Waals surface area contributed by atoms with E-state index in [-0.39, 0.29) is 35.4 Å². The Morgan fingerprint density at radius 2 is 1.96 bits per heavy atom. The topological polar surface area (TPSA) is 102 Å². The fourth-order valence-electron chi connectivity index (χ4n) is 4.12. The fourth-order valence-corrected chi connectivity index (χ4v) is 4.12. The van der Waals surface area contributed by atoms with Crippen LogP contribution in [0.4, 0.5) is 5.82 Å². The number of aromatic hydroxyl groups is 1. The molecule has 1 aromatic carbocycles. The van der Waals surface area contributed by atoms with Crippen LogP contribution in [0.15, 0.2) is 43.0 Å². The minimum absolute atomic E-state index is 0.0115. The molecule has 1 aliphatic carbocycles. The molecule has 2 unspecified atom stereocenters. The number of carbonyl (C=O) groups is 1. The van der Waals surface area contributed by atoms with Gasteiger partial charge in [0.25, 0.3) is 0 Å². The number of anilines is 1. The van der Waals surface area contributed by atoms with Crippen molar-refractivity contribution in [3.05, 3.63) is 43.0 Å². The maximum atomic E-state index is 11.9. The van der Waals surface area contributed by atoms with Crippen LogP contribution in [-0.4, -0.2) is 45.3 Å². The van der Waals surface area contributed by atoms with Crippen LogP contribution in [0.25, 0.3) is 11.3 Å². The van der Waals surface area contributed by atoms with E-state index in [0.29, 0.717) is 30.1 Å². The first kappa shape index (κ1) is 17.3. The summed E-state index contributed by atoms with van der Waals surface area (Å²) in [7, 11) is 0. The molecule has 0 spiro atoms. The molecule has 2 bridgehead atoms. The number of hydrogen-bond donors (Lipinski definition) is 2. The number of amides is 1. The van der Waals surface area contributed by atoms with Gasteiger partial charge in [-0.15, -0.1) is 10.2 Å². The van der Waals surface area contributed by atoms with Crippen molar-refractivity contribution in [3.63, 3.8) is 0 Å². The summed E-state index contributed by atoms with van der Waals surface area (Å²) < 4.78 is 6.26. The largest absolute Gasteiger partial charge is 0.507 e. The van der Waals surface area contributed by atoms with Gasteiger partial charge < -0.3 is 20.5 Å². The number of ether oxygens (including phenoxy) is 1. The Labute approximate surface area is 157 Å². The Morgan fingerprint density at radius 3 is 2.63 bits per heavy atom. The molecule has 3 N–H and O–H groups in total. The number of hydrogen-bond acceptors (Lipinski definition) is 6. The Bertz CT molecular complexity index is 871. The van der Waals surface area contributed by atoms with E-state index < -0.39 is 0 Å². The number of piperidine rings is 1. The number of carbonyl (C=O) groups excluding carboxylic acids is 1. The monoisotopic (exact) mass is 366 g/mol. The van der Waals surface area contributed by atoms with E-state index in [1.807, 2.05) is 11.0 Å². The number of phenolic OH excluding ortho intramolecular Hbond substituents is 1. The molecular formula is C20H22N4O3. The van der Waals surface area contributed by atoms with Gasteiger partial charge in [0.05, 0.1) is 0 Å². The number of phenols is 1. The van der Waals surface area contributed by atoms with Gasteiger partial charge in [-0.3, -0.25) is 4.79 Å². The molecule has 1 saturated carbocycles. The number of nitrogen functional groups attached to an aromatic ring is 1. The Balaban J connectivity index is 1.57. The SMILES string of the molecule is C=CC(=O)N1CC2CCC(C1)C2Oc1cc(-c2ccccc2O)nnc1N.